The summed E-state index contributed by atoms with van der Waals surface area (Å²) in [5, 5.41) is 10.5. The first-order valence-corrected chi connectivity index (χ1v) is 5.80. The molecule has 2 aromatic heterocycles. The van der Waals surface area contributed by atoms with Crippen LogP contribution in [-0.2, 0) is 6.54 Å². The molecule has 92 valence electrons. The zero-order valence-corrected chi connectivity index (χ0v) is 10.8. The Morgan fingerprint density at radius 2 is 2.12 bits per heavy atom. The molecule has 0 saturated heterocycles. The molecule has 0 spiro atoms. The Bertz CT molecular complexity index is 491. The van der Waals surface area contributed by atoms with Gasteiger partial charge in [-0.1, -0.05) is 0 Å². The summed E-state index contributed by atoms with van der Waals surface area (Å²) in [7, 11) is 0. The molecule has 0 amide bonds. The molecule has 0 aromatic carbocycles. The molecule has 0 fully saturated rings. The molecule has 2 rings (SSSR count). The minimum absolute atomic E-state index is 0.0909. The fourth-order valence-electron chi connectivity index (χ4n) is 1.59. The molecular formula is C13H19N3O. The van der Waals surface area contributed by atoms with E-state index < -0.39 is 0 Å². The van der Waals surface area contributed by atoms with Gasteiger partial charge in [0.15, 0.2) is 5.76 Å². The van der Waals surface area contributed by atoms with Crippen LogP contribution in [-0.4, -0.2) is 15.7 Å². The Labute approximate surface area is 101 Å². The lowest BCUT2D eigenvalue weighted by Gasteiger charge is -2.20. The maximum Gasteiger partial charge on any atom is 0.152 e. The van der Waals surface area contributed by atoms with Crippen LogP contribution in [0.25, 0.3) is 11.5 Å². The number of hydrogen-bond acceptors (Lipinski definition) is 3. The Kier molecular flexibility index (Phi) is 3.07. The van der Waals surface area contributed by atoms with Crippen molar-refractivity contribution in [2.75, 3.05) is 0 Å². The molecule has 0 unspecified atom stereocenters. The number of nitrogens with one attached hydrogen (secondary N) is 2. The summed E-state index contributed by atoms with van der Waals surface area (Å²) >= 11 is 0. The molecule has 4 heteroatoms. The first-order valence-electron chi connectivity index (χ1n) is 5.80. The van der Waals surface area contributed by atoms with Crippen molar-refractivity contribution < 1.29 is 4.42 Å². The van der Waals surface area contributed by atoms with Crippen molar-refractivity contribution >= 4 is 0 Å². The Hall–Kier alpha value is -1.55. The molecule has 0 aliphatic rings. The molecule has 0 saturated carbocycles. The Balaban J connectivity index is 2.17. The second-order valence-electron chi connectivity index (χ2n) is 5.28. The largest absolute Gasteiger partial charge is 0.460 e. The van der Waals surface area contributed by atoms with Crippen LogP contribution in [0.4, 0.5) is 0 Å². The van der Waals surface area contributed by atoms with E-state index in [1.165, 1.54) is 0 Å². The Morgan fingerprint density at radius 3 is 2.71 bits per heavy atom. The van der Waals surface area contributed by atoms with Gasteiger partial charge >= 0.3 is 0 Å². The topological polar surface area (TPSA) is 53.9 Å². The fourth-order valence-corrected chi connectivity index (χ4v) is 1.59. The number of hydrogen-bond donors (Lipinski definition) is 2. The van der Waals surface area contributed by atoms with Crippen LogP contribution in [0.1, 0.15) is 32.1 Å². The molecule has 0 radical (unpaired) electrons. The normalized spacial score (nSPS) is 12.0. The van der Waals surface area contributed by atoms with Gasteiger partial charge in [0, 0.05) is 17.6 Å². The van der Waals surface area contributed by atoms with Crippen LogP contribution in [0.15, 0.2) is 22.7 Å². The summed E-state index contributed by atoms with van der Waals surface area (Å²) in [6.07, 6.45) is 1.84. The van der Waals surface area contributed by atoms with Crippen molar-refractivity contribution in [1.82, 2.24) is 15.5 Å². The molecular weight excluding hydrogens is 214 g/mol. The smallest absolute Gasteiger partial charge is 0.152 e. The third-order valence-corrected chi connectivity index (χ3v) is 2.51. The van der Waals surface area contributed by atoms with Crippen LogP contribution < -0.4 is 5.32 Å². The Morgan fingerprint density at radius 1 is 1.35 bits per heavy atom. The highest BCUT2D eigenvalue weighted by Gasteiger charge is 2.14. The van der Waals surface area contributed by atoms with E-state index in [1.807, 2.05) is 25.3 Å². The summed E-state index contributed by atoms with van der Waals surface area (Å²) in [6.45, 7) is 9.14. The quantitative estimate of drug-likeness (QED) is 0.857. The van der Waals surface area contributed by atoms with E-state index in [9.17, 15) is 0 Å². The molecule has 0 aliphatic heterocycles. The van der Waals surface area contributed by atoms with E-state index in [-0.39, 0.29) is 5.54 Å². The van der Waals surface area contributed by atoms with Crippen LogP contribution >= 0.6 is 0 Å². The summed E-state index contributed by atoms with van der Waals surface area (Å²) in [5.41, 5.74) is 2.16. The average molecular weight is 233 g/mol. The van der Waals surface area contributed by atoms with Gasteiger partial charge in [0.05, 0.1) is 6.20 Å². The highest BCUT2D eigenvalue weighted by atomic mass is 16.3. The third kappa shape index (κ3) is 2.97. The first-order chi connectivity index (χ1) is 7.96. The predicted octanol–water partition coefficient (Wildman–Crippen LogP) is 2.87. The zero-order chi connectivity index (χ0) is 12.5. The van der Waals surface area contributed by atoms with Crippen LogP contribution in [0.2, 0.25) is 0 Å². The highest BCUT2D eigenvalue weighted by molar-refractivity contribution is 5.56. The summed E-state index contributed by atoms with van der Waals surface area (Å²) < 4.78 is 5.60. The van der Waals surface area contributed by atoms with Gasteiger partial charge in [-0.05, 0) is 39.8 Å². The summed E-state index contributed by atoms with van der Waals surface area (Å²) in [6, 6.07) is 3.92. The standard InChI is InChI=1S/C13H19N3O/c1-9-5-6-11(17-9)12-10(8-15-16-12)7-14-13(2,3)4/h5-6,8,14H,7H2,1-4H3,(H,15,16). The van der Waals surface area contributed by atoms with Crippen LogP contribution in [0.3, 0.4) is 0 Å². The number of rotatable bonds is 3. The van der Waals surface area contributed by atoms with Gasteiger partial charge in [0.25, 0.3) is 0 Å². The molecule has 0 bridgehead atoms. The highest BCUT2D eigenvalue weighted by Crippen LogP contribution is 2.23. The number of aryl methyl sites for hydroxylation is 1. The average Bonchev–Trinajstić information content (AvgIpc) is 2.81. The van der Waals surface area contributed by atoms with Crippen molar-refractivity contribution in [3.05, 3.63) is 29.7 Å². The van der Waals surface area contributed by atoms with Gasteiger partial charge in [-0.25, -0.2) is 0 Å². The van der Waals surface area contributed by atoms with E-state index in [2.05, 4.69) is 36.3 Å². The number of aromatic amines is 1. The van der Waals surface area contributed by atoms with E-state index >= 15 is 0 Å². The van der Waals surface area contributed by atoms with E-state index in [0.29, 0.717) is 0 Å². The lowest BCUT2D eigenvalue weighted by atomic mass is 10.1. The second kappa shape index (κ2) is 4.37. The molecule has 0 aliphatic carbocycles. The van der Waals surface area contributed by atoms with Gasteiger partial charge in [-0.15, -0.1) is 0 Å². The van der Waals surface area contributed by atoms with Crippen molar-refractivity contribution in [1.29, 1.82) is 0 Å². The number of H-pyrrole nitrogens is 1. The first kappa shape index (κ1) is 11.9. The summed E-state index contributed by atoms with van der Waals surface area (Å²) in [4.78, 5) is 0. The lowest BCUT2D eigenvalue weighted by molar-refractivity contribution is 0.424. The second-order valence-corrected chi connectivity index (χ2v) is 5.28. The van der Waals surface area contributed by atoms with Crippen molar-refractivity contribution in [3.8, 4) is 11.5 Å². The summed E-state index contributed by atoms with van der Waals surface area (Å²) in [5.74, 6) is 1.75. The van der Waals surface area contributed by atoms with Crippen molar-refractivity contribution in [2.24, 2.45) is 0 Å². The number of furan rings is 1. The third-order valence-electron chi connectivity index (χ3n) is 2.51. The van der Waals surface area contributed by atoms with Gasteiger partial charge < -0.3 is 9.73 Å². The minimum Gasteiger partial charge on any atom is -0.460 e. The predicted molar refractivity (Wildman–Crippen MR) is 67.6 cm³/mol. The molecule has 2 N–H and O–H groups in total. The van der Waals surface area contributed by atoms with Crippen LogP contribution in [0, 0.1) is 6.92 Å². The van der Waals surface area contributed by atoms with Gasteiger partial charge in [-0.3, -0.25) is 5.10 Å². The maximum atomic E-state index is 5.60. The van der Waals surface area contributed by atoms with E-state index in [4.69, 9.17) is 4.42 Å². The van der Waals surface area contributed by atoms with Crippen molar-refractivity contribution in [3.63, 3.8) is 0 Å². The lowest BCUT2D eigenvalue weighted by Crippen LogP contribution is -2.35. The minimum atomic E-state index is 0.0909. The monoisotopic (exact) mass is 233 g/mol. The number of aromatic nitrogens is 2. The molecule has 4 nitrogen and oxygen atoms in total. The SMILES string of the molecule is Cc1ccc(-c2[nH]ncc2CNC(C)(C)C)o1. The molecule has 2 heterocycles. The van der Waals surface area contributed by atoms with Gasteiger partial charge in [0.2, 0.25) is 0 Å². The van der Waals surface area contributed by atoms with E-state index in [0.717, 1.165) is 29.3 Å². The fraction of sp³-hybridized carbons (Fsp3) is 0.462. The molecule has 2 aromatic rings. The van der Waals surface area contributed by atoms with E-state index in [1.54, 1.807) is 0 Å². The zero-order valence-electron chi connectivity index (χ0n) is 10.8. The van der Waals surface area contributed by atoms with Crippen LogP contribution in [0.5, 0.6) is 0 Å². The maximum absolute atomic E-state index is 5.60. The van der Waals surface area contributed by atoms with Gasteiger partial charge in [0.1, 0.15) is 11.5 Å². The number of nitrogens with zero attached hydrogens (tertiary/aromatic N) is 1. The molecule has 0 atom stereocenters. The van der Waals surface area contributed by atoms with Crippen molar-refractivity contribution in [2.45, 2.75) is 39.8 Å². The molecule has 17 heavy (non-hydrogen) atoms. The van der Waals surface area contributed by atoms with Gasteiger partial charge in [-0.2, -0.15) is 5.10 Å².